The summed E-state index contributed by atoms with van der Waals surface area (Å²) in [5, 5.41) is 3.03. The largest absolute Gasteiger partial charge is 0.381 e. The van der Waals surface area contributed by atoms with Gasteiger partial charge in [0, 0.05) is 39.4 Å². The molecule has 0 aromatic rings. The molecular weight excluding hydrogens is 292 g/mol. The average molecular weight is 326 g/mol. The zero-order chi connectivity index (χ0) is 16.4. The zero-order valence-corrected chi connectivity index (χ0v) is 14.5. The predicted molar refractivity (Wildman–Crippen MR) is 91.2 cm³/mol. The Morgan fingerprint density at radius 1 is 1.22 bits per heavy atom. The molecule has 5 heteroatoms. The van der Waals surface area contributed by atoms with E-state index in [1.54, 1.807) is 0 Å². The Labute approximate surface area is 140 Å². The van der Waals surface area contributed by atoms with Gasteiger partial charge in [-0.1, -0.05) is 19.3 Å². The van der Waals surface area contributed by atoms with Crippen LogP contribution in [0.2, 0.25) is 0 Å². The van der Waals surface area contributed by atoms with Gasteiger partial charge in [0.05, 0.1) is 0 Å². The molecule has 2 aliphatic rings. The van der Waals surface area contributed by atoms with Crippen LogP contribution in [0.3, 0.4) is 0 Å². The minimum Gasteiger partial charge on any atom is -0.381 e. The van der Waals surface area contributed by atoms with E-state index in [1.165, 1.54) is 19.3 Å². The standard InChI is InChI=1S/C18H34N2O3/c19-15-18(7-2-1-3-8-18)13-17(21)20-9-4-10-23-14-16-5-11-22-12-6-16/h16H,1-15,19H2,(H,20,21). The second-order valence-corrected chi connectivity index (χ2v) is 7.28. The van der Waals surface area contributed by atoms with Crippen LogP contribution in [0, 0.1) is 11.3 Å². The van der Waals surface area contributed by atoms with Crippen molar-refractivity contribution in [3.63, 3.8) is 0 Å². The van der Waals surface area contributed by atoms with E-state index in [-0.39, 0.29) is 11.3 Å². The van der Waals surface area contributed by atoms with Crippen LogP contribution >= 0.6 is 0 Å². The lowest BCUT2D eigenvalue weighted by Crippen LogP contribution is -2.39. The molecule has 1 heterocycles. The number of ether oxygens (including phenoxy) is 2. The van der Waals surface area contributed by atoms with E-state index in [9.17, 15) is 4.79 Å². The van der Waals surface area contributed by atoms with Gasteiger partial charge in [-0.25, -0.2) is 0 Å². The van der Waals surface area contributed by atoms with E-state index in [0.717, 1.165) is 58.5 Å². The Bertz CT molecular complexity index is 337. The zero-order valence-electron chi connectivity index (χ0n) is 14.5. The molecule has 1 amide bonds. The van der Waals surface area contributed by atoms with Crippen molar-refractivity contribution in [1.29, 1.82) is 0 Å². The van der Waals surface area contributed by atoms with Gasteiger partial charge in [0.2, 0.25) is 5.91 Å². The molecule has 134 valence electrons. The Morgan fingerprint density at radius 2 is 1.96 bits per heavy atom. The molecule has 2 rings (SSSR count). The third-order valence-corrected chi connectivity index (χ3v) is 5.36. The third kappa shape index (κ3) is 6.77. The third-order valence-electron chi connectivity index (χ3n) is 5.36. The highest BCUT2D eigenvalue weighted by atomic mass is 16.5. The lowest BCUT2D eigenvalue weighted by molar-refractivity contribution is -0.123. The molecule has 0 spiro atoms. The maximum Gasteiger partial charge on any atom is 0.220 e. The highest BCUT2D eigenvalue weighted by Gasteiger charge is 2.32. The van der Waals surface area contributed by atoms with Crippen molar-refractivity contribution >= 4 is 5.91 Å². The summed E-state index contributed by atoms with van der Waals surface area (Å²) in [6.07, 6.45) is 9.60. The van der Waals surface area contributed by atoms with Gasteiger partial charge in [-0.05, 0) is 50.0 Å². The summed E-state index contributed by atoms with van der Waals surface area (Å²) >= 11 is 0. The summed E-state index contributed by atoms with van der Waals surface area (Å²) in [4.78, 5) is 12.1. The molecule has 1 aliphatic carbocycles. The number of hydrogen-bond acceptors (Lipinski definition) is 4. The molecule has 23 heavy (non-hydrogen) atoms. The van der Waals surface area contributed by atoms with Gasteiger partial charge < -0.3 is 20.5 Å². The Balaban J connectivity index is 1.50. The first-order chi connectivity index (χ1) is 11.2. The molecule has 5 nitrogen and oxygen atoms in total. The first-order valence-corrected chi connectivity index (χ1v) is 9.36. The minimum absolute atomic E-state index is 0.0574. The lowest BCUT2D eigenvalue weighted by atomic mass is 9.71. The number of rotatable bonds is 9. The van der Waals surface area contributed by atoms with Gasteiger partial charge in [0.1, 0.15) is 0 Å². The van der Waals surface area contributed by atoms with Crippen LogP contribution in [-0.4, -0.2) is 45.4 Å². The van der Waals surface area contributed by atoms with Crippen LogP contribution in [0.5, 0.6) is 0 Å². The van der Waals surface area contributed by atoms with E-state index in [2.05, 4.69) is 5.32 Å². The highest BCUT2D eigenvalue weighted by molar-refractivity contribution is 5.76. The van der Waals surface area contributed by atoms with E-state index in [4.69, 9.17) is 15.2 Å². The molecule has 2 fully saturated rings. The fourth-order valence-corrected chi connectivity index (χ4v) is 3.72. The van der Waals surface area contributed by atoms with Crippen molar-refractivity contribution in [2.45, 2.75) is 57.8 Å². The van der Waals surface area contributed by atoms with Gasteiger partial charge in [-0.15, -0.1) is 0 Å². The Kier molecular flexibility index (Phi) is 8.34. The van der Waals surface area contributed by atoms with Crippen LogP contribution < -0.4 is 11.1 Å². The second kappa shape index (κ2) is 10.3. The number of nitrogens with two attached hydrogens (primary N) is 1. The van der Waals surface area contributed by atoms with Gasteiger partial charge in [0.25, 0.3) is 0 Å². The van der Waals surface area contributed by atoms with Crippen molar-refractivity contribution in [2.75, 3.05) is 39.5 Å². The Morgan fingerprint density at radius 3 is 2.65 bits per heavy atom. The van der Waals surface area contributed by atoms with Gasteiger partial charge in [0.15, 0.2) is 0 Å². The van der Waals surface area contributed by atoms with Gasteiger partial charge >= 0.3 is 0 Å². The summed E-state index contributed by atoms with van der Waals surface area (Å²) in [6.45, 7) is 4.62. The molecule has 1 saturated heterocycles. The molecule has 0 aromatic heterocycles. The van der Waals surface area contributed by atoms with Crippen molar-refractivity contribution < 1.29 is 14.3 Å². The molecule has 0 atom stereocenters. The summed E-state index contributed by atoms with van der Waals surface area (Å²) in [7, 11) is 0. The SMILES string of the molecule is NCC1(CC(=O)NCCCOCC2CCOCC2)CCCCC1. The first-order valence-electron chi connectivity index (χ1n) is 9.36. The van der Waals surface area contributed by atoms with Gasteiger partial charge in [-0.3, -0.25) is 4.79 Å². The van der Waals surface area contributed by atoms with Crippen LogP contribution in [0.15, 0.2) is 0 Å². The van der Waals surface area contributed by atoms with Gasteiger partial charge in [-0.2, -0.15) is 0 Å². The molecule has 0 bridgehead atoms. The topological polar surface area (TPSA) is 73.6 Å². The lowest BCUT2D eigenvalue weighted by Gasteiger charge is -2.35. The van der Waals surface area contributed by atoms with Crippen molar-refractivity contribution in [2.24, 2.45) is 17.1 Å². The van der Waals surface area contributed by atoms with E-state index >= 15 is 0 Å². The van der Waals surface area contributed by atoms with E-state index < -0.39 is 0 Å². The van der Waals surface area contributed by atoms with Crippen molar-refractivity contribution in [1.82, 2.24) is 5.32 Å². The smallest absolute Gasteiger partial charge is 0.220 e. The molecule has 3 N–H and O–H groups in total. The van der Waals surface area contributed by atoms with E-state index in [0.29, 0.717) is 25.4 Å². The summed E-state index contributed by atoms with van der Waals surface area (Å²) < 4.78 is 11.1. The first kappa shape index (κ1) is 18.7. The van der Waals surface area contributed by atoms with Crippen LogP contribution in [0.4, 0.5) is 0 Å². The van der Waals surface area contributed by atoms with Crippen molar-refractivity contribution in [3.8, 4) is 0 Å². The summed E-state index contributed by atoms with van der Waals surface area (Å²) in [6, 6.07) is 0. The molecule has 0 radical (unpaired) electrons. The predicted octanol–water partition coefficient (Wildman–Crippen LogP) is 2.24. The van der Waals surface area contributed by atoms with Crippen LogP contribution in [0.25, 0.3) is 0 Å². The number of hydrogen-bond donors (Lipinski definition) is 2. The quantitative estimate of drug-likeness (QED) is 0.637. The molecule has 0 unspecified atom stereocenters. The highest BCUT2D eigenvalue weighted by Crippen LogP contribution is 2.38. The van der Waals surface area contributed by atoms with Crippen molar-refractivity contribution in [3.05, 3.63) is 0 Å². The summed E-state index contributed by atoms with van der Waals surface area (Å²) in [5.41, 5.74) is 6.00. The number of carbonyl (C=O) groups excluding carboxylic acids is 1. The normalized spacial score (nSPS) is 22.0. The summed E-state index contributed by atoms with van der Waals surface area (Å²) in [5.74, 6) is 0.802. The average Bonchev–Trinajstić information content (AvgIpc) is 2.59. The van der Waals surface area contributed by atoms with E-state index in [1.807, 2.05) is 0 Å². The maximum atomic E-state index is 12.1. The van der Waals surface area contributed by atoms with Crippen LogP contribution in [-0.2, 0) is 14.3 Å². The Hall–Kier alpha value is -0.650. The monoisotopic (exact) mass is 326 g/mol. The maximum absolute atomic E-state index is 12.1. The molecular formula is C18H34N2O3. The molecule has 0 aromatic carbocycles. The fraction of sp³-hybridized carbons (Fsp3) is 0.944. The second-order valence-electron chi connectivity index (χ2n) is 7.28. The number of nitrogens with one attached hydrogen (secondary N) is 1. The molecule has 1 aliphatic heterocycles. The number of carbonyl (C=O) groups is 1. The number of amides is 1. The fourth-order valence-electron chi connectivity index (χ4n) is 3.72. The van der Waals surface area contributed by atoms with Crippen LogP contribution in [0.1, 0.15) is 57.8 Å². The molecule has 1 saturated carbocycles. The minimum atomic E-state index is 0.0574.